The Morgan fingerprint density at radius 3 is 2.60 bits per heavy atom. The fourth-order valence-electron chi connectivity index (χ4n) is 1.78. The standard InChI is InChI=1S/C15H16N2O3/c1-19-13-7-2-3-8-14(13)20-10-11-5-4-6-12(9-11)15(16)17-18/h2-9,18H,10H2,1H3,(H2,16,17). The van der Waals surface area contributed by atoms with E-state index in [-0.39, 0.29) is 5.84 Å². The molecule has 0 amide bonds. The Bertz CT molecular complexity index is 612. The fourth-order valence-corrected chi connectivity index (χ4v) is 1.78. The van der Waals surface area contributed by atoms with Crippen molar-refractivity contribution in [1.29, 1.82) is 0 Å². The van der Waals surface area contributed by atoms with Gasteiger partial charge in [0.05, 0.1) is 7.11 Å². The van der Waals surface area contributed by atoms with Crippen molar-refractivity contribution in [2.24, 2.45) is 10.9 Å². The molecular formula is C15H16N2O3. The normalized spacial score (nSPS) is 11.2. The van der Waals surface area contributed by atoms with Crippen molar-refractivity contribution in [3.05, 3.63) is 59.7 Å². The number of nitrogens with zero attached hydrogens (tertiary/aromatic N) is 1. The summed E-state index contributed by atoms with van der Waals surface area (Å²) in [6, 6.07) is 14.7. The van der Waals surface area contributed by atoms with E-state index in [1.165, 1.54) is 0 Å². The van der Waals surface area contributed by atoms with E-state index in [2.05, 4.69) is 5.16 Å². The van der Waals surface area contributed by atoms with Crippen LogP contribution in [0.1, 0.15) is 11.1 Å². The first kappa shape index (κ1) is 13.7. The molecule has 2 rings (SSSR count). The van der Waals surface area contributed by atoms with Crippen LogP contribution in [0.2, 0.25) is 0 Å². The molecule has 0 radical (unpaired) electrons. The number of hydrogen-bond donors (Lipinski definition) is 2. The van der Waals surface area contributed by atoms with Gasteiger partial charge in [0.1, 0.15) is 6.61 Å². The predicted molar refractivity (Wildman–Crippen MR) is 76.3 cm³/mol. The molecule has 20 heavy (non-hydrogen) atoms. The first-order valence-corrected chi connectivity index (χ1v) is 6.07. The maximum atomic E-state index is 8.67. The summed E-state index contributed by atoms with van der Waals surface area (Å²) in [6.07, 6.45) is 0. The molecule has 0 unspecified atom stereocenters. The molecule has 2 aromatic carbocycles. The van der Waals surface area contributed by atoms with Gasteiger partial charge in [-0.1, -0.05) is 35.5 Å². The lowest BCUT2D eigenvalue weighted by Gasteiger charge is -2.10. The van der Waals surface area contributed by atoms with E-state index < -0.39 is 0 Å². The quantitative estimate of drug-likeness (QED) is 0.379. The zero-order chi connectivity index (χ0) is 14.4. The minimum absolute atomic E-state index is 0.0733. The minimum atomic E-state index is 0.0733. The van der Waals surface area contributed by atoms with E-state index in [0.29, 0.717) is 23.7 Å². The molecule has 0 aliphatic heterocycles. The molecule has 104 valence electrons. The van der Waals surface area contributed by atoms with Crippen molar-refractivity contribution in [1.82, 2.24) is 0 Å². The van der Waals surface area contributed by atoms with E-state index in [4.69, 9.17) is 20.4 Å². The number of amidine groups is 1. The molecule has 2 aromatic rings. The first-order chi connectivity index (χ1) is 9.74. The first-order valence-electron chi connectivity index (χ1n) is 6.07. The minimum Gasteiger partial charge on any atom is -0.493 e. The van der Waals surface area contributed by atoms with Crippen molar-refractivity contribution in [3.63, 3.8) is 0 Å². The number of hydrogen-bond acceptors (Lipinski definition) is 4. The lowest BCUT2D eigenvalue weighted by Crippen LogP contribution is -2.13. The molecule has 5 nitrogen and oxygen atoms in total. The van der Waals surface area contributed by atoms with Crippen LogP contribution in [0.4, 0.5) is 0 Å². The molecule has 0 saturated carbocycles. The molecule has 0 atom stereocenters. The Labute approximate surface area is 117 Å². The average molecular weight is 272 g/mol. The monoisotopic (exact) mass is 272 g/mol. The zero-order valence-corrected chi connectivity index (χ0v) is 11.1. The Morgan fingerprint density at radius 1 is 1.15 bits per heavy atom. The molecule has 0 aliphatic carbocycles. The number of benzene rings is 2. The van der Waals surface area contributed by atoms with Crippen LogP contribution in [0.25, 0.3) is 0 Å². The molecule has 0 aliphatic rings. The van der Waals surface area contributed by atoms with Crippen molar-refractivity contribution in [3.8, 4) is 11.5 Å². The fraction of sp³-hybridized carbons (Fsp3) is 0.133. The number of oxime groups is 1. The highest BCUT2D eigenvalue weighted by Crippen LogP contribution is 2.26. The average Bonchev–Trinajstić information content (AvgIpc) is 2.52. The molecule has 0 bridgehead atoms. The highest BCUT2D eigenvalue weighted by atomic mass is 16.5. The second-order valence-electron chi connectivity index (χ2n) is 4.13. The molecular weight excluding hydrogens is 256 g/mol. The molecule has 0 spiro atoms. The lowest BCUT2D eigenvalue weighted by molar-refractivity contribution is 0.284. The van der Waals surface area contributed by atoms with Gasteiger partial charge in [0.15, 0.2) is 17.3 Å². The number of ether oxygens (including phenoxy) is 2. The van der Waals surface area contributed by atoms with E-state index >= 15 is 0 Å². The summed E-state index contributed by atoms with van der Waals surface area (Å²) in [5, 5.41) is 11.6. The largest absolute Gasteiger partial charge is 0.493 e. The van der Waals surface area contributed by atoms with Crippen molar-refractivity contribution < 1.29 is 14.7 Å². The smallest absolute Gasteiger partial charge is 0.170 e. The van der Waals surface area contributed by atoms with Crippen LogP contribution in [-0.4, -0.2) is 18.2 Å². The Balaban J connectivity index is 2.11. The Hall–Kier alpha value is -2.69. The number of nitrogens with two attached hydrogens (primary N) is 1. The van der Waals surface area contributed by atoms with Gasteiger partial charge in [-0.3, -0.25) is 0 Å². The van der Waals surface area contributed by atoms with Gasteiger partial charge in [-0.25, -0.2) is 0 Å². The van der Waals surface area contributed by atoms with Crippen molar-refractivity contribution in [2.75, 3.05) is 7.11 Å². The summed E-state index contributed by atoms with van der Waals surface area (Å²) in [5.41, 5.74) is 7.12. The number of methoxy groups -OCH3 is 1. The maximum Gasteiger partial charge on any atom is 0.170 e. The third-order valence-corrected chi connectivity index (χ3v) is 2.79. The lowest BCUT2D eigenvalue weighted by atomic mass is 10.1. The van der Waals surface area contributed by atoms with Gasteiger partial charge in [-0.2, -0.15) is 0 Å². The van der Waals surface area contributed by atoms with Crippen LogP contribution in [-0.2, 0) is 6.61 Å². The highest BCUT2D eigenvalue weighted by Gasteiger charge is 2.04. The van der Waals surface area contributed by atoms with Crippen LogP contribution >= 0.6 is 0 Å². The van der Waals surface area contributed by atoms with Crippen LogP contribution < -0.4 is 15.2 Å². The van der Waals surface area contributed by atoms with Crippen molar-refractivity contribution >= 4 is 5.84 Å². The predicted octanol–water partition coefficient (Wildman–Crippen LogP) is 2.37. The van der Waals surface area contributed by atoms with Gasteiger partial charge in [-0.05, 0) is 23.8 Å². The molecule has 0 heterocycles. The molecule has 5 heteroatoms. The summed E-state index contributed by atoms with van der Waals surface area (Å²) in [5.74, 6) is 1.42. The summed E-state index contributed by atoms with van der Waals surface area (Å²) in [4.78, 5) is 0. The van der Waals surface area contributed by atoms with Crippen molar-refractivity contribution in [2.45, 2.75) is 6.61 Å². The van der Waals surface area contributed by atoms with E-state index in [9.17, 15) is 0 Å². The maximum absolute atomic E-state index is 8.67. The third-order valence-electron chi connectivity index (χ3n) is 2.79. The number of rotatable bonds is 5. The van der Waals surface area contributed by atoms with Gasteiger partial charge in [-0.15, -0.1) is 0 Å². The summed E-state index contributed by atoms with van der Waals surface area (Å²) >= 11 is 0. The summed E-state index contributed by atoms with van der Waals surface area (Å²) in [6.45, 7) is 0.368. The molecule has 0 saturated heterocycles. The SMILES string of the molecule is COc1ccccc1OCc1cccc(/C(N)=N/O)c1. The second-order valence-corrected chi connectivity index (χ2v) is 4.13. The van der Waals surface area contributed by atoms with E-state index in [1.807, 2.05) is 42.5 Å². The molecule has 0 aromatic heterocycles. The van der Waals surface area contributed by atoms with Gasteiger partial charge in [0, 0.05) is 5.56 Å². The van der Waals surface area contributed by atoms with Gasteiger partial charge < -0.3 is 20.4 Å². The third kappa shape index (κ3) is 3.20. The van der Waals surface area contributed by atoms with Gasteiger partial charge >= 0.3 is 0 Å². The van der Waals surface area contributed by atoms with Crippen LogP contribution in [0, 0.1) is 0 Å². The molecule has 3 N–H and O–H groups in total. The van der Waals surface area contributed by atoms with E-state index in [1.54, 1.807) is 13.2 Å². The number of para-hydroxylation sites is 2. The Kier molecular flexibility index (Phi) is 4.44. The summed E-state index contributed by atoms with van der Waals surface area (Å²) in [7, 11) is 1.60. The summed E-state index contributed by atoms with van der Waals surface area (Å²) < 4.78 is 10.9. The Morgan fingerprint density at radius 2 is 1.90 bits per heavy atom. The molecule has 0 fully saturated rings. The zero-order valence-electron chi connectivity index (χ0n) is 11.1. The second kappa shape index (κ2) is 6.47. The van der Waals surface area contributed by atoms with Gasteiger partial charge in [0.2, 0.25) is 0 Å². The van der Waals surface area contributed by atoms with Crippen LogP contribution in [0.3, 0.4) is 0 Å². The van der Waals surface area contributed by atoms with Gasteiger partial charge in [0.25, 0.3) is 0 Å². The van der Waals surface area contributed by atoms with Crippen LogP contribution in [0.5, 0.6) is 11.5 Å². The van der Waals surface area contributed by atoms with Crippen LogP contribution in [0.15, 0.2) is 53.7 Å². The topological polar surface area (TPSA) is 77.1 Å². The van der Waals surface area contributed by atoms with E-state index in [0.717, 1.165) is 5.56 Å². The highest BCUT2D eigenvalue weighted by molar-refractivity contribution is 5.97.